The van der Waals surface area contributed by atoms with E-state index in [1.807, 2.05) is 31.2 Å². The van der Waals surface area contributed by atoms with Crippen LogP contribution in [-0.4, -0.2) is 11.7 Å². The Morgan fingerprint density at radius 3 is 2.52 bits per heavy atom. The van der Waals surface area contributed by atoms with Crippen LogP contribution in [0.3, 0.4) is 0 Å². The fourth-order valence-electron chi connectivity index (χ4n) is 2.23. The molecule has 0 spiro atoms. The first-order valence-corrected chi connectivity index (χ1v) is 9.18. The average molecular weight is 368 g/mol. The Labute approximate surface area is 150 Å². The Kier molecular flexibility index (Phi) is 7.94. The van der Waals surface area contributed by atoms with Crippen molar-refractivity contribution < 1.29 is 18.0 Å². The van der Waals surface area contributed by atoms with Crippen LogP contribution in [-0.2, 0) is 23.6 Å². The maximum absolute atomic E-state index is 12.1. The maximum atomic E-state index is 12.1. The summed E-state index contributed by atoms with van der Waals surface area (Å²) in [6.07, 6.45) is 1.34. The van der Waals surface area contributed by atoms with Crippen molar-refractivity contribution in [3.05, 3.63) is 53.5 Å². The van der Waals surface area contributed by atoms with Crippen molar-refractivity contribution in [2.75, 3.05) is 5.32 Å². The monoisotopic (exact) mass is 368 g/mol. The predicted molar refractivity (Wildman–Crippen MR) is 96.5 cm³/mol. The molecular weight excluding hydrogens is 346 g/mol. The summed E-state index contributed by atoms with van der Waals surface area (Å²) in [5, 5.41) is 6.09. The number of hydrogen-bond acceptors (Lipinski definition) is 4. The van der Waals surface area contributed by atoms with E-state index in [4.69, 9.17) is 4.42 Å². The third-order valence-electron chi connectivity index (χ3n) is 3.41. The van der Waals surface area contributed by atoms with Gasteiger partial charge in [0.25, 0.3) is 5.76 Å². The van der Waals surface area contributed by atoms with Crippen molar-refractivity contribution in [2.45, 2.75) is 44.4 Å². The van der Waals surface area contributed by atoms with Crippen molar-refractivity contribution in [3.63, 3.8) is 0 Å². The van der Waals surface area contributed by atoms with E-state index in [1.54, 1.807) is 12.1 Å². The highest BCUT2D eigenvalue weighted by Crippen LogP contribution is 2.21. The highest BCUT2D eigenvalue weighted by Gasteiger charge is 2.07. The lowest BCUT2D eigenvalue weighted by Gasteiger charge is -2.07. The van der Waals surface area contributed by atoms with Crippen LogP contribution < -0.4 is 10.6 Å². The molecule has 4 nitrogen and oxygen atoms in total. The number of amides is 1. The Hall–Kier alpha value is -1.86. The first-order valence-electron chi connectivity index (χ1n) is 8.13. The van der Waals surface area contributed by atoms with Gasteiger partial charge in [0.1, 0.15) is 11.5 Å². The lowest BCUT2D eigenvalue weighted by molar-refractivity contribution is -0.116. The molecule has 0 unspecified atom stereocenters. The second-order valence-electron chi connectivity index (χ2n) is 5.54. The van der Waals surface area contributed by atoms with E-state index in [-0.39, 0.29) is 11.7 Å². The maximum Gasteiger partial charge on any atom is 0.284 e. The lowest BCUT2D eigenvalue weighted by atomic mass is 10.2. The number of carbonyl (C=O) groups is 1. The van der Waals surface area contributed by atoms with E-state index >= 15 is 0 Å². The Morgan fingerprint density at radius 1 is 1.12 bits per heavy atom. The summed E-state index contributed by atoms with van der Waals surface area (Å²) < 4.78 is 29.8. The molecule has 2 rings (SSSR count). The van der Waals surface area contributed by atoms with Crippen molar-refractivity contribution in [3.8, 4) is 0 Å². The number of hydrogen-bond donors (Lipinski definition) is 2. The number of rotatable bonds is 10. The molecule has 0 aliphatic carbocycles. The minimum Gasteiger partial charge on any atom is -0.464 e. The minimum absolute atomic E-state index is 0.0204. The molecule has 25 heavy (non-hydrogen) atoms. The van der Waals surface area contributed by atoms with E-state index in [0.29, 0.717) is 42.8 Å². The zero-order valence-electron chi connectivity index (χ0n) is 14.1. The normalized spacial score (nSPS) is 11.0. The summed E-state index contributed by atoms with van der Waals surface area (Å²) in [4.78, 5) is 11.5. The van der Waals surface area contributed by atoms with Crippen LogP contribution in [0.25, 0.3) is 0 Å². The van der Waals surface area contributed by atoms with Crippen molar-refractivity contribution in [2.24, 2.45) is 0 Å². The van der Waals surface area contributed by atoms with Gasteiger partial charge in [-0.25, -0.2) is 0 Å². The summed E-state index contributed by atoms with van der Waals surface area (Å²) in [6, 6.07) is 11.2. The number of nitrogens with one attached hydrogen (secondary N) is 2. The molecule has 0 bridgehead atoms. The number of anilines is 1. The van der Waals surface area contributed by atoms with E-state index < -0.39 is 5.76 Å². The van der Waals surface area contributed by atoms with Gasteiger partial charge in [0.2, 0.25) is 5.91 Å². The third kappa shape index (κ3) is 7.27. The lowest BCUT2D eigenvalue weighted by Crippen LogP contribution is -2.13. The second-order valence-corrected chi connectivity index (χ2v) is 6.52. The molecule has 0 radical (unpaired) electrons. The summed E-state index contributed by atoms with van der Waals surface area (Å²) in [5.74, 6) is -0.931. The van der Waals surface area contributed by atoms with Gasteiger partial charge in [-0.05, 0) is 36.2 Å². The van der Waals surface area contributed by atoms with E-state index in [9.17, 15) is 13.6 Å². The SMILES string of the molecule is CCCC(=O)Nc1ccc(CNCc2ccc(CSC(F)F)o2)cc1. The first-order chi connectivity index (χ1) is 12.1. The molecule has 7 heteroatoms. The minimum atomic E-state index is -2.39. The first kappa shape index (κ1) is 19.5. The molecule has 1 aromatic heterocycles. The van der Waals surface area contributed by atoms with E-state index in [1.165, 1.54) is 0 Å². The fraction of sp³-hybridized carbons (Fsp3) is 0.389. The van der Waals surface area contributed by atoms with Gasteiger partial charge >= 0.3 is 0 Å². The Bertz CT molecular complexity index is 659. The summed E-state index contributed by atoms with van der Waals surface area (Å²) in [6.45, 7) is 3.13. The Balaban J connectivity index is 1.73. The van der Waals surface area contributed by atoms with Crippen molar-refractivity contribution >= 4 is 23.4 Å². The van der Waals surface area contributed by atoms with Crippen LogP contribution in [0, 0.1) is 0 Å². The largest absolute Gasteiger partial charge is 0.464 e. The number of thioether (sulfide) groups is 1. The Morgan fingerprint density at radius 2 is 1.84 bits per heavy atom. The van der Waals surface area contributed by atoms with Gasteiger partial charge in [0.05, 0.1) is 12.3 Å². The molecule has 0 aliphatic heterocycles. The van der Waals surface area contributed by atoms with Crippen LogP contribution in [0.15, 0.2) is 40.8 Å². The average Bonchev–Trinajstić information content (AvgIpc) is 3.03. The summed E-state index contributed by atoms with van der Waals surface area (Å²) >= 11 is 0.549. The van der Waals surface area contributed by atoms with Gasteiger partial charge in [-0.3, -0.25) is 4.79 Å². The predicted octanol–water partition coefficient (Wildman–Crippen LogP) is 4.76. The fourth-order valence-corrected chi connectivity index (χ4v) is 2.67. The van der Waals surface area contributed by atoms with Gasteiger partial charge in [-0.1, -0.05) is 30.8 Å². The molecule has 0 atom stereocenters. The zero-order chi connectivity index (χ0) is 18.1. The molecule has 0 fully saturated rings. The van der Waals surface area contributed by atoms with Gasteiger partial charge in [-0.15, -0.1) is 0 Å². The van der Waals surface area contributed by atoms with Crippen LogP contribution in [0.2, 0.25) is 0 Å². The van der Waals surface area contributed by atoms with Gasteiger partial charge in [-0.2, -0.15) is 8.78 Å². The van der Waals surface area contributed by atoms with Gasteiger partial charge in [0.15, 0.2) is 0 Å². The van der Waals surface area contributed by atoms with Crippen molar-refractivity contribution in [1.82, 2.24) is 5.32 Å². The second kappa shape index (κ2) is 10.2. The number of benzene rings is 1. The standard InChI is InChI=1S/C18H22F2N2O2S/c1-2-3-17(23)22-14-6-4-13(5-7-14)10-21-11-15-8-9-16(24-15)12-25-18(19)20/h4-9,18,21H,2-3,10-12H2,1H3,(H,22,23). The van der Waals surface area contributed by atoms with E-state index in [2.05, 4.69) is 10.6 Å². The van der Waals surface area contributed by atoms with Gasteiger partial charge < -0.3 is 15.1 Å². The van der Waals surface area contributed by atoms with Crippen LogP contribution >= 0.6 is 11.8 Å². The summed E-state index contributed by atoms with van der Waals surface area (Å²) in [7, 11) is 0. The molecule has 1 amide bonds. The number of furan rings is 1. The number of alkyl halides is 2. The van der Waals surface area contributed by atoms with Gasteiger partial charge in [0, 0.05) is 18.7 Å². The molecule has 2 aromatic rings. The molecular formula is C18H22F2N2O2S. The van der Waals surface area contributed by atoms with Crippen LogP contribution in [0.4, 0.5) is 14.5 Å². The smallest absolute Gasteiger partial charge is 0.284 e. The van der Waals surface area contributed by atoms with Crippen LogP contribution in [0.5, 0.6) is 0 Å². The molecule has 0 saturated heterocycles. The molecule has 1 heterocycles. The van der Waals surface area contributed by atoms with Crippen molar-refractivity contribution in [1.29, 1.82) is 0 Å². The highest BCUT2D eigenvalue weighted by atomic mass is 32.2. The van der Waals surface area contributed by atoms with Crippen LogP contribution in [0.1, 0.15) is 36.8 Å². The van der Waals surface area contributed by atoms with E-state index in [0.717, 1.165) is 17.7 Å². The molecule has 0 aliphatic rings. The third-order valence-corrected chi connectivity index (χ3v) is 4.12. The molecule has 2 N–H and O–H groups in total. The zero-order valence-corrected chi connectivity index (χ0v) is 14.9. The molecule has 0 saturated carbocycles. The quantitative estimate of drug-likeness (QED) is 0.635. The number of halogens is 2. The molecule has 136 valence electrons. The highest BCUT2D eigenvalue weighted by molar-refractivity contribution is 7.98. The molecule has 1 aromatic carbocycles. The topological polar surface area (TPSA) is 54.3 Å². The summed E-state index contributed by atoms with van der Waals surface area (Å²) in [5.41, 5.74) is 1.86. The number of carbonyl (C=O) groups excluding carboxylic acids is 1.